The first-order chi connectivity index (χ1) is 16.4. The normalized spacial score (nSPS) is 11.6. The molecule has 0 atom stereocenters. The van der Waals surface area contributed by atoms with Gasteiger partial charge in [-0.25, -0.2) is 0 Å². The number of unbranched alkanes of at least 4 members (excludes halogenated alkanes) is 12. The third-order valence-electron chi connectivity index (χ3n) is 6.09. The molecular formula is C30H56O4. The van der Waals surface area contributed by atoms with Crippen molar-refractivity contribution in [3.63, 3.8) is 0 Å². The smallest absolute Gasteiger partial charge is 0.305 e. The molecule has 0 bridgehead atoms. The van der Waals surface area contributed by atoms with E-state index in [9.17, 15) is 9.59 Å². The summed E-state index contributed by atoms with van der Waals surface area (Å²) in [5.41, 5.74) is 0. The van der Waals surface area contributed by atoms with Crippen molar-refractivity contribution < 1.29 is 19.1 Å². The lowest BCUT2D eigenvalue weighted by molar-refractivity contribution is -0.145. The van der Waals surface area contributed by atoms with Gasteiger partial charge in [0.05, 0.1) is 13.2 Å². The molecule has 0 heterocycles. The summed E-state index contributed by atoms with van der Waals surface area (Å²) in [7, 11) is 0. The Kier molecular flexibility index (Phi) is 23.8. The van der Waals surface area contributed by atoms with E-state index in [1.165, 1.54) is 64.2 Å². The number of esters is 2. The molecule has 0 saturated heterocycles. The van der Waals surface area contributed by atoms with Crippen LogP contribution < -0.4 is 0 Å². The lowest BCUT2D eigenvalue weighted by atomic mass is 10.1. The van der Waals surface area contributed by atoms with Crippen LogP contribution in [0.25, 0.3) is 0 Å². The van der Waals surface area contributed by atoms with Gasteiger partial charge in [0, 0.05) is 12.8 Å². The third-order valence-corrected chi connectivity index (χ3v) is 6.09. The summed E-state index contributed by atoms with van der Waals surface area (Å²) in [6.07, 6.45) is 24.4. The first-order valence-electron chi connectivity index (χ1n) is 14.4. The van der Waals surface area contributed by atoms with Crippen LogP contribution in [0.2, 0.25) is 0 Å². The van der Waals surface area contributed by atoms with Crippen molar-refractivity contribution in [2.45, 2.75) is 143 Å². The largest absolute Gasteiger partial charge is 0.466 e. The summed E-state index contributed by atoms with van der Waals surface area (Å²) in [5, 5.41) is 0. The van der Waals surface area contributed by atoms with Crippen molar-refractivity contribution in [3.05, 3.63) is 12.2 Å². The number of rotatable bonds is 24. The van der Waals surface area contributed by atoms with Crippen molar-refractivity contribution in [3.8, 4) is 0 Å². The number of carbonyl (C=O) groups is 2. The number of allylic oxidation sites excluding steroid dienone is 2. The Hall–Kier alpha value is -1.32. The first-order valence-corrected chi connectivity index (χ1v) is 14.4. The van der Waals surface area contributed by atoms with Gasteiger partial charge < -0.3 is 9.47 Å². The standard InChI is InChI=1S/C30H56O4/c1-27(2)23-25-33-29(31)21-19-17-15-13-11-9-7-5-6-8-10-12-14-16-18-20-22-30(32)34-26-24-28(3)4/h5,7,27-28H,6,8-26H2,1-4H3/b7-5+. The minimum absolute atomic E-state index is 0.0260. The quantitative estimate of drug-likeness (QED) is 0.0785. The Labute approximate surface area is 211 Å². The molecule has 0 aromatic heterocycles. The Balaban J connectivity index is 3.26. The highest BCUT2D eigenvalue weighted by Crippen LogP contribution is 2.12. The molecule has 0 aliphatic heterocycles. The summed E-state index contributed by atoms with van der Waals surface area (Å²) >= 11 is 0. The molecule has 4 heteroatoms. The second-order valence-electron chi connectivity index (χ2n) is 10.6. The monoisotopic (exact) mass is 480 g/mol. The van der Waals surface area contributed by atoms with E-state index in [1.807, 2.05) is 0 Å². The van der Waals surface area contributed by atoms with E-state index in [0.29, 0.717) is 37.9 Å². The lowest BCUT2D eigenvalue weighted by Gasteiger charge is -2.06. The molecule has 0 N–H and O–H groups in total. The van der Waals surface area contributed by atoms with Crippen LogP contribution in [0.5, 0.6) is 0 Å². The highest BCUT2D eigenvalue weighted by atomic mass is 16.5. The molecule has 0 aliphatic rings. The summed E-state index contributed by atoms with van der Waals surface area (Å²) in [6, 6.07) is 0. The second kappa shape index (κ2) is 24.8. The minimum atomic E-state index is -0.0296. The van der Waals surface area contributed by atoms with Gasteiger partial charge in [-0.1, -0.05) is 91.2 Å². The zero-order chi connectivity index (χ0) is 25.3. The molecule has 0 unspecified atom stereocenters. The van der Waals surface area contributed by atoms with E-state index >= 15 is 0 Å². The number of ether oxygens (including phenoxy) is 2. The van der Waals surface area contributed by atoms with Gasteiger partial charge in [0.1, 0.15) is 0 Å². The Morgan fingerprint density at radius 3 is 1.21 bits per heavy atom. The maximum atomic E-state index is 11.6. The zero-order valence-electron chi connectivity index (χ0n) is 23.1. The maximum absolute atomic E-state index is 11.6. The third kappa shape index (κ3) is 26.9. The fourth-order valence-electron chi connectivity index (χ4n) is 3.67. The van der Waals surface area contributed by atoms with Gasteiger partial charge >= 0.3 is 11.9 Å². The van der Waals surface area contributed by atoms with E-state index in [1.54, 1.807) is 0 Å². The van der Waals surface area contributed by atoms with Crippen LogP contribution in [-0.4, -0.2) is 25.2 Å². The Morgan fingerprint density at radius 2 is 0.853 bits per heavy atom. The van der Waals surface area contributed by atoms with E-state index in [0.717, 1.165) is 38.5 Å². The van der Waals surface area contributed by atoms with Crippen molar-refractivity contribution >= 4 is 11.9 Å². The fraction of sp³-hybridized carbons (Fsp3) is 0.867. The van der Waals surface area contributed by atoms with Crippen LogP contribution in [0.1, 0.15) is 143 Å². The second-order valence-corrected chi connectivity index (χ2v) is 10.6. The van der Waals surface area contributed by atoms with E-state index < -0.39 is 0 Å². The SMILES string of the molecule is CC(C)CCOC(=O)CCCCCCC/C=C/CCCCCCCCCC(=O)OCCC(C)C. The van der Waals surface area contributed by atoms with E-state index in [2.05, 4.69) is 39.8 Å². The summed E-state index contributed by atoms with van der Waals surface area (Å²) < 4.78 is 10.5. The van der Waals surface area contributed by atoms with Gasteiger partial charge in [0.25, 0.3) is 0 Å². The highest BCUT2D eigenvalue weighted by molar-refractivity contribution is 5.69. The highest BCUT2D eigenvalue weighted by Gasteiger charge is 2.04. The van der Waals surface area contributed by atoms with Crippen molar-refractivity contribution in [1.82, 2.24) is 0 Å². The maximum Gasteiger partial charge on any atom is 0.305 e. The van der Waals surface area contributed by atoms with Crippen LogP contribution in [0.3, 0.4) is 0 Å². The molecule has 0 fully saturated rings. The van der Waals surface area contributed by atoms with Crippen molar-refractivity contribution in [2.75, 3.05) is 13.2 Å². The minimum Gasteiger partial charge on any atom is -0.466 e. The van der Waals surface area contributed by atoms with Crippen molar-refractivity contribution in [1.29, 1.82) is 0 Å². The van der Waals surface area contributed by atoms with Gasteiger partial charge in [-0.2, -0.15) is 0 Å². The van der Waals surface area contributed by atoms with E-state index in [4.69, 9.17) is 9.47 Å². The predicted octanol–water partition coefficient (Wildman–Crippen LogP) is 8.96. The molecule has 0 radical (unpaired) electrons. The van der Waals surface area contributed by atoms with Gasteiger partial charge in [-0.15, -0.1) is 0 Å². The molecule has 0 aromatic rings. The van der Waals surface area contributed by atoms with Crippen LogP contribution in [0.15, 0.2) is 12.2 Å². The lowest BCUT2D eigenvalue weighted by Crippen LogP contribution is -2.07. The van der Waals surface area contributed by atoms with Crippen molar-refractivity contribution in [2.24, 2.45) is 11.8 Å². The molecule has 0 aromatic carbocycles. The van der Waals surface area contributed by atoms with Gasteiger partial charge in [0.15, 0.2) is 0 Å². The molecule has 4 nitrogen and oxygen atoms in total. The Bertz CT molecular complexity index is 496. The van der Waals surface area contributed by atoms with E-state index in [-0.39, 0.29) is 11.9 Å². The zero-order valence-corrected chi connectivity index (χ0v) is 23.1. The van der Waals surface area contributed by atoms with Gasteiger partial charge in [-0.3, -0.25) is 9.59 Å². The molecule has 0 spiro atoms. The number of carbonyl (C=O) groups excluding carboxylic acids is 2. The summed E-state index contributed by atoms with van der Waals surface area (Å²) in [4.78, 5) is 23.2. The van der Waals surface area contributed by atoms with Crippen LogP contribution in [0, 0.1) is 11.8 Å². The first kappa shape index (κ1) is 32.7. The molecule has 0 rings (SSSR count). The molecule has 200 valence electrons. The molecule has 0 aliphatic carbocycles. The average Bonchev–Trinajstić information content (AvgIpc) is 2.77. The molecular weight excluding hydrogens is 424 g/mol. The molecule has 0 amide bonds. The number of hydrogen-bond donors (Lipinski definition) is 0. The molecule has 34 heavy (non-hydrogen) atoms. The summed E-state index contributed by atoms with van der Waals surface area (Å²) in [6.45, 7) is 9.73. The molecule has 0 saturated carbocycles. The van der Waals surface area contributed by atoms with Gasteiger partial charge in [0.2, 0.25) is 0 Å². The fourth-order valence-corrected chi connectivity index (χ4v) is 3.67. The topological polar surface area (TPSA) is 52.6 Å². The van der Waals surface area contributed by atoms with Crippen LogP contribution in [-0.2, 0) is 19.1 Å². The number of hydrogen-bond acceptors (Lipinski definition) is 4. The van der Waals surface area contributed by atoms with Crippen LogP contribution >= 0.6 is 0 Å². The van der Waals surface area contributed by atoms with Gasteiger partial charge in [-0.05, 0) is 63.2 Å². The summed E-state index contributed by atoms with van der Waals surface area (Å²) in [5.74, 6) is 1.13. The predicted molar refractivity (Wildman–Crippen MR) is 144 cm³/mol. The average molecular weight is 481 g/mol. The van der Waals surface area contributed by atoms with Crippen LogP contribution in [0.4, 0.5) is 0 Å². The Morgan fingerprint density at radius 1 is 0.529 bits per heavy atom.